The van der Waals surface area contributed by atoms with Gasteiger partial charge in [0, 0.05) is 17.3 Å². The first-order chi connectivity index (χ1) is 9.29. The van der Waals surface area contributed by atoms with Gasteiger partial charge in [-0.3, -0.25) is 4.79 Å². The molecule has 1 N–H and O–H groups in total. The molecule has 0 saturated heterocycles. The largest absolute Gasteiger partial charge is 0.352 e. The number of fused-ring (bicyclic) bond motifs is 1. The summed E-state index contributed by atoms with van der Waals surface area (Å²) in [6.07, 6.45) is 1.20. The molecule has 94 valence electrons. The summed E-state index contributed by atoms with van der Waals surface area (Å²) < 4.78 is 13.7. The SMILES string of the molecule is O=Cc1[nH]c2ccccc2c1Cc1ccccc1F. The summed E-state index contributed by atoms with van der Waals surface area (Å²) in [5.74, 6) is -0.246. The van der Waals surface area contributed by atoms with Crippen LogP contribution in [0.1, 0.15) is 21.6 Å². The van der Waals surface area contributed by atoms with Crippen LogP contribution in [0.2, 0.25) is 0 Å². The predicted octanol–water partition coefficient (Wildman–Crippen LogP) is 3.71. The van der Waals surface area contributed by atoms with Crippen molar-refractivity contribution >= 4 is 17.2 Å². The molecule has 3 heteroatoms. The lowest BCUT2D eigenvalue weighted by molar-refractivity contribution is 0.111. The van der Waals surface area contributed by atoms with Gasteiger partial charge in [0.05, 0.1) is 5.69 Å². The molecule has 0 aliphatic rings. The molecule has 0 saturated carbocycles. The molecular formula is C16H12FNO. The number of para-hydroxylation sites is 1. The lowest BCUT2D eigenvalue weighted by Gasteiger charge is -2.03. The molecular weight excluding hydrogens is 241 g/mol. The van der Waals surface area contributed by atoms with Gasteiger partial charge in [-0.1, -0.05) is 36.4 Å². The fourth-order valence-corrected chi connectivity index (χ4v) is 2.34. The van der Waals surface area contributed by atoms with E-state index in [-0.39, 0.29) is 5.82 Å². The highest BCUT2D eigenvalue weighted by Crippen LogP contribution is 2.24. The molecule has 1 aromatic heterocycles. The maximum absolute atomic E-state index is 13.7. The minimum atomic E-state index is -0.246. The second-order valence-corrected chi connectivity index (χ2v) is 4.45. The first-order valence-corrected chi connectivity index (χ1v) is 6.08. The minimum absolute atomic E-state index is 0.246. The van der Waals surface area contributed by atoms with Crippen molar-refractivity contribution in [3.63, 3.8) is 0 Å². The van der Waals surface area contributed by atoms with Crippen LogP contribution in [0.3, 0.4) is 0 Å². The normalized spacial score (nSPS) is 10.8. The van der Waals surface area contributed by atoms with Gasteiger partial charge < -0.3 is 4.98 Å². The highest BCUT2D eigenvalue weighted by Gasteiger charge is 2.12. The monoisotopic (exact) mass is 253 g/mol. The van der Waals surface area contributed by atoms with Crippen molar-refractivity contribution in [3.05, 3.63) is 71.2 Å². The lowest BCUT2D eigenvalue weighted by atomic mass is 10.0. The molecule has 0 amide bonds. The van der Waals surface area contributed by atoms with Gasteiger partial charge in [-0.15, -0.1) is 0 Å². The number of hydrogen-bond acceptors (Lipinski definition) is 1. The first kappa shape index (κ1) is 11.7. The average molecular weight is 253 g/mol. The Bertz CT molecular complexity index is 745. The molecule has 1 heterocycles. The number of H-pyrrole nitrogens is 1. The smallest absolute Gasteiger partial charge is 0.166 e. The Hall–Kier alpha value is -2.42. The fraction of sp³-hybridized carbons (Fsp3) is 0.0625. The van der Waals surface area contributed by atoms with Gasteiger partial charge in [-0.05, 0) is 23.3 Å². The van der Waals surface area contributed by atoms with E-state index >= 15 is 0 Å². The Morgan fingerprint density at radius 2 is 1.79 bits per heavy atom. The molecule has 0 aliphatic carbocycles. The zero-order chi connectivity index (χ0) is 13.2. The summed E-state index contributed by atoms with van der Waals surface area (Å²) in [6.45, 7) is 0. The van der Waals surface area contributed by atoms with Gasteiger partial charge in [0.15, 0.2) is 6.29 Å². The highest BCUT2D eigenvalue weighted by atomic mass is 19.1. The summed E-state index contributed by atoms with van der Waals surface area (Å²) >= 11 is 0. The summed E-state index contributed by atoms with van der Waals surface area (Å²) in [5.41, 5.74) is 2.85. The Balaban J connectivity index is 2.14. The van der Waals surface area contributed by atoms with Crippen molar-refractivity contribution in [3.8, 4) is 0 Å². The van der Waals surface area contributed by atoms with Crippen LogP contribution in [-0.2, 0) is 6.42 Å². The van der Waals surface area contributed by atoms with Crippen molar-refractivity contribution in [2.45, 2.75) is 6.42 Å². The molecule has 0 fully saturated rings. The Morgan fingerprint density at radius 3 is 2.58 bits per heavy atom. The van der Waals surface area contributed by atoms with Crippen molar-refractivity contribution < 1.29 is 9.18 Å². The third kappa shape index (κ3) is 2.03. The number of halogens is 1. The average Bonchev–Trinajstić information content (AvgIpc) is 2.79. The Morgan fingerprint density at radius 1 is 1.05 bits per heavy atom. The standard InChI is InChI=1S/C16H12FNO/c17-14-7-3-1-5-11(14)9-13-12-6-2-4-8-15(12)18-16(13)10-19/h1-8,10,18H,9H2. The summed E-state index contributed by atoms with van der Waals surface area (Å²) in [5, 5.41) is 0.966. The van der Waals surface area contributed by atoms with Crippen molar-refractivity contribution in [1.29, 1.82) is 0 Å². The van der Waals surface area contributed by atoms with E-state index in [1.807, 2.05) is 24.3 Å². The van der Waals surface area contributed by atoms with Gasteiger partial charge in [0.2, 0.25) is 0 Å². The van der Waals surface area contributed by atoms with Crippen LogP contribution < -0.4 is 0 Å². The van der Waals surface area contributed by atoms with E-state index in [4.69, 9.17) is 0 Å². The maximum atomic E-state index is 13.7. The molecule has 0 aliphatic heterocycles. The van der Waals surface area contributed by atoms with Crippen LogP contribution in [-0.4, -0.2) is 11.3 Å². The number of aromatic nitrogens is 1. The number of aldehydes is 1. The van der Waals surface area contributed by atoms with E-state index < -0.39 is 0 Å². The molecule has 0 unspecified atom stereocenters. The second kappa shape index (κ2) is 4.69. The molecule has 3 rings (SSSR count). The zero-order valence-electron chi connectivity index (χ0n) is 10.2. The van der Waals surface area contributed by atoms with Crippen LogP contribution in [0.5, 0.6) is 0 Å². The molecule has 19 heavy (non-hydrogen) atoms. The van der Waals surface area contributed by atoms with Crippen LogP contribution in [0.15, 0.2) is 48.5 Å². The van der Waals surface area contributed by atoms with Crippen molar-refractivity contribution in [2.75, 3.05) is 0 Å². The van der Waals surface area contributed by atoms with Crippen LogP contribution >= 0.6 is 0 Å². The third-order valence-electron chi connectivity index (χ3n) is 3.29. The lowest BCUT2D eigenvalue weighted by Crippen LogP contribution is -1.95. The van der Waals surface area contributed by atoms with Gasteiger partial charge >= 0.3 is 0 Å². The van der Waals surface area contributed by atoms with E-state index in [9.17, 15) is 9.18 Å². The third-order valence-corrected chi connectivity index (χ3v) is 3.29. The number of benzene rings is 2. The van der Waals surface area contributed by atoms with E-state index in [0.717, 1.165) is 22.8 Å². The fourth-order valence-electron chi connectivity index (χ4n) is 2.34. The molecule has 2 aromatic carbocycles. The zero-order valence-corrected chi connectivity index (χ0v) is 10.2. The number of rotatable bonds is 3. The van der Waals surface area contributed by atoms with Gasteiger partial charge in [0.25, 0.3) is 0 Å². The Labute approximate surface area is 109 Å². The number of carbonyl (C=O) groups is 1. The predicted molar refractivity (Wildman–Crippen MR) is 72.9 cm³/mol. The first-order valence-electron chi connectivity index (χ1n) is 6.08. The van der Waals surface area contributed by atoms with Gasteiger partial charge in [0.1, 0.15) is 5.82 Å². The number of carbonyl (C=O) groups excluding carboxylic acids is 1. The van der Waals surface area contributed by atoms with Crippen LogP contribution in [0, 0.1) is 5.82 Å². The van der Waals surface area contributed by atoms with Gasteiger partial charge in [-0.25, -0.2) is 4.39 Å². The molecule has 0 atom stereocenters. The van der Waals surface area contributed by atoms with E-state index in [0.29, 0.717) is 17.7 Å². The number of nitrogens with one attached hydrogen (secondary N) is 1. The van der Waals surface area contributed by atoms with E-state index in [2.05, 4.69) is 4.98 Å². The highest BCUT2D eigenvalue weighted by molar-refractivity contribution is 5.92. The molecule has 2 nitrogen and oxygen atoms in total. The summed E-state index contributed by atoms with van der Waals surface area (Å²) in [4.78, 5) is 14.2. The van der Waals surface area contributed by atoms with Crippen molar-refractivity contribution in [2.24, 2.45) is 0 Å². The van der Waals surface area contributed by atoms with Crippen molar-refractivity contribution in [1.82, 2.24) is 4.98 Å². The van der Waals surface area contributed by atoms with Crippen LogP contribution in [0.25, 0.3) is 10.9 Å². The topological polar surface area (TPSA) is 32.9 Å². The van der Waals surface area contributed by atoms with E-state index in [1.54, 1.807) is 18.2 Å². The van der Waals surface area contributed by atoms with E-state index in [1.165, 1.54) is 6.07 Å². The molecule has 0 spiro atoms. The quantitative estimate of drug-likeness (QED) is 0.709. The Kier molecular flexibility index (Phi) is 2.88. The molecule has 0 bridgehead atoms. The van der Waals surface area contributed by atoms with Crippen LogP contribution in [0.4, 0.5) is 4.39 Å². The summed E-state index contributed by atoms with van der Waals surface area (Å²) in [7, 11) is 0. The molecule has 0 radical (unpaired) electrons. The molecule has 3 aromatic rings. The number of aromatic amines is 1. The summed E-state index contributed by atoms with van der Waals surface area (Å²) in [6, 6.07) is 14.3. The minimum Gasteiger partial charge on any atom is -0.352 e. The maximum Gasteiger partial charge on any atom is 0.166 e. The second-order valence-electron chi connectivity index (χ2n) is 4.45. The number of hydrogen-bond donors (Lipinski definition) is 1. The van der Waals surface area contributed by atoms with Gasteiger partial charge in [-0.2, -0.15) is 0 Å².